The van der Waals surface area contributed by atoms with Gasteiger partial charge in [0.15, 0.2) is 0 Å². The van der Waals surface area contributed by atoms with Crippen molar-refractivity contribution in [3.63, 3.8) is 0 Å². The van der Waals surface area contributed by atoms with Gasteiger partial charge in [-0.1, -0.05) is 12.2 Å². The molecule has 0 spiro atoms. The van der Waals surface area contributed by atoms with Crippen molar-refractivity contribution in [2.24, 2.45) is 0 Å². The molecule has 2 heteroatoms. The molecule has 9 heavy (non-hydrogen) atoms. The van der Waals surface area contributed by atoms with Crippen LogP contribution >= 0.6 is 0 Å². The van der Waals surface area contributed by atoms with Gasteiger partial charge in [0.1, 0.15) is 0 Å². The maximum absolute atomic E-state index is 9.55. The molecule has 0 aromatic rings. The minimum absolute atomic E-state index is 0.395. The Labute approximate surface area is 54.8 Å². The van der Waals surface area contributed by atoms with Gasteiger partial charge in [-0.25, -0.2) is 0 Å². The molecule has 0 atom stereocenters. The molecule has 2 nitrogen and oxygen atoms in total. The SMILES string of the molecule is C/C=C/C/C=C/OC=O. The Hall–Kier alpha value is -1.05. The van der Waals surface area contributed by atoms with Crippen molar-refractivity contribution in [2.45, 2.75) is 13.3 Å². The summed E-state index contributed by atoms with van der Waals surface area (Å²) < 4.78 is 4.29. The van der Waals surface area contributed by atoms with Crippen molar-refractivity contribution in [1.82, 2.24) is 0 Å². The minimum atomic E-state index is 0.395. The summed E-state index contributed by atoms with van der Waals surface area (Å²) in [6, 6.07) is 0. The Balaban J connectivity index is 3.14. The summed E-state index contributed by atoms with van der Waals surface area (Å²) in [6.45, 7) is 2.33. The first-order chi connectivity index (χ1) is 4.41. The Morgan fingerprint density at radius 3 is 2.78 bits per heavy atom. The van der Waals surface area contributed by atoms with Crippen LogP contribution < -0.4 is 0 Å². The fourth-order valence-electron chi connectivity index (χ4n) is 0.358. The molecule has 0 radical (unpaired) electrons. The van der Waals surface area contributed by atoms with E-state index < -0.39 is 0 Å². The Morgan fingerprint density at radius 2 is 2.22 bits per heavy atom. The molecule has 0 unspecified atom stereocenters. The van der Waals surface area contributed by atoms with Crippen molar-refractivity contribution >= 4 is 6.47 Å². The summed E-state index contributed by atoms with van der Waals surface area (Å²) in [5, 5.41) is 0. The number of carbonyl (C=O) groups is 1. The van der Waals surface area contributed by atoms with Crippen molar-refractivity contribution in [3.05, 3.63) is 24.5 Å². The second-order valence-corrected chi connectivity index (χ2v) is 1.41. The van der Waals surface area contributed by atoms with Gasteiger partial charge in [0.25, 0.3) is 6.47 Å². The molecule has 0 saturated carbocycles. The average Bonchev–Trinajstić information content (AvgIpc) is 1.89. The van der Waals surface area contributed by atoms with Gasteiger partial charge in [-0.15, -0.1) is 0 Å². The molecule has 0 aliphatic carbocycles. The van der Waals surface area contributed by atoms with E-state index >= 15 is 0 Å². The van der Waals surface area contributed by atoms with Gasteiger partial charge < -0.3 is 4.74 Å². The van der Waals surface area contributed by atoms with E-state index in [2.05, 4.69) is 4.74 Å². The summed E-state index contributed by atoms with van der Waals surface area (Å²) in [5.74, 6) is 0. The third-order valence-electron chi connectivity index (χ3n) is 0.738. The van der Waals surface area contributed by atoms with Gasteiger partial charge >= 0.3 is 0 Å². The van der Waals surface area contributed by atoms with Crippen LogP contribution in [0.3, 0.4) is 0 Å². The van der Waals surface area contributed by atoms with Crippen LogP contribution in [0.4, 0.5) is 0 Å². The fraction of sp³-hybridized carbons (Fsp3) is 0.286. The van der Waals surface area contributed by atoms with Crippen LogP contribution in [-0.2, 0) is 9.53 Å². The zero-order chi connectivity index (χ0) is 6.95. The first-order valence-electron chi connectivity index (χ1n) is 2.77. The molecule has 0 aromatic carbocycles. The topological polar surface area (TPSA) is 26.3 Å². The number of ether oxygens (including phenoxy) is 1. The van der Waals surface area contributed by atoms with Crippen LogP contribution in [0.1, 0.15) is 13.3 Å². The normalized spacial score (nSPS) is 10.8. The molecule has 0 amide bonds. The van der Waals surface area contributed by atoms with E-state index in [0.29, 0.717) is 6.47 Å². The number of rotatable bonds is 4. The predicted octanol–water partition coefficient (Wildman–Crippen LogP) is 1.64. The van der Waals surface area contributed by atoms with E-state index in [1.165, 1.54) is 6.26 Å². The highest BCUT2D eigenvalue weighted by molar-refractivity contribution is 5.38. The molecule has 50 valence electrons. The Kier molecular flexibility index (Phi) is 6.14. The molecule has 0 aliphatic heterocycles. The molecule has 0 rings (SSSR count). The minimum Gasteiger partial charge on any atom is -0.437 e. The maximum atomic E-state index is 9.55. The van der Waals surface area contributed by atoms with Crippen molar-refractivity contribution in [1.29, 1.82) is 0 Å². The molecule has 0 aromatic heterocycles. The molecule has 0 N–H and O–H groups in total. The molecule has 0 heterocycles. The second kappa shape index (κ2) is 6.95. The lowest BCUT2D eigenvalue weighted by Crippen LogP contribution is -1.70. The lowest BCUT2D eigenvalue weighted by Gasteiger charge is -1.80. The number of allylic oxidation sites excluding steroid dienone is 3. The zero-order valence-electron chi connectivity index (χ0n) is 5.41. The van der Waals surface area contributed by atoms with E-state index in [4.69, 9.17) is 0 Å². The quantitative estimate of drug-likeness (QED) is 0.325. The summed E-state index contributed by atoms with van der Waals surface area (Å²) in [5.41, 5.74) is 0. The van der Waals surface area contributed by atoms with Crippen molar-refractivity contribution in [3.8, 4) is 0 Å². The van der Waals surface area contributed by atoms with Crippen molar-refractivity contribution in [2.75, 3.05) is 0 Å². The van der Waals surface area contributed by atoms with Crippen LogP contribution in [-0.4, -0.2) is 6.47 Å². The van der Waals surface area contributed by atoms with Crippen LogP contribution in [0.2, 0.25) is 0 Å². The van der Waals surface area contributed by atoms with Crippen molar-refractivity contribution < 1.29 is 9.53 Å². The number of carbonyl (C=O) groups excluding carboxylic acids is 1. The van der Waals surface area contributed by atoms with E-state index in [1.54, 1.807) is 6.08 Å². The van der Waals surface area contributed by atoms with Gasteiger partial charge in [0.05, 0.1) is 6.26 Å². The predicted molar refractivity (Wildman–Crippen MR) is 35.7 cm³/mol. The standard InChI is InChI=1S/C7H10O2/c1-2-3-4-5-6-9-7-8/h2-3,5-7H,4H2,1H3/b3-2+,6-5+. The zero-order valence-corrected chi connectivity index (χ0v) is 5.41. The largest absolute Gasteiger partial charge is 0.437 e. The van der Waals surface area contributed by atoms with Crippen LogP contribution in [0.15, 0.2) is 24.5 Å². The van der Waals surface area contributed by atoms with Gasteiger partial charge in [-0.05, 0) is 19.4 Å². The highest BCUT2D eigenvalue weighted by atomic mass is 16.5. The number of hydrogen-bond acceptors (Lipinski definition) is 2. The van der Waals surface area contributed by atoms with Crippen LogP contribution in [0.25, 0.3) is 0 Å². The monoisotopic (exact) mass is 126 g/mol. The molecule has 0 aliphatic rings. The third-order valence-corrected chi connectivity index (χ3v) is 0.738. The summed E-state index contributed by atoms with van der Waals surface area (Å²) in [6.07, 6.45) is 7.83. The maximum Gasteiger partial charge on any atom is 0.297 e. The smallest absolute Gasteiger partial charge is 0.297 e. The first kappa shape index (κ1) is 7.95. The molecule has 0 bridgehead atoms. The number of hydrogen-bond donors (Lipinski definition) is 0. The molecule has 0 saturated heterocycles. The Bertz CT molecular complexity index is 114. The fourth-order valence-corrected chi connectivity index (χ4v) is 0.358. The van der Waals surface area contributed by atoms with E-state index in [-0.39, 0.29) is 0 Å². The third kappa shape index (κ3) is 6.95. The lowest BCUT2D eigenvalue weighted by molar-refractivity contribution is -0.123. The summed E-state index contributed by atoms with van der Waals surface area (Å²) in [4.78, 5) is 9.55. The highest BCUT2D eigenvalue weighted by Gasteiger charge is 1.68. The summed E-state index contributed by atoms with van der Waals surface area (Å²) >= 11 is 0. The van der Waals surface area contributed by atoms with E-state index in [0.717, 1.165) is 6.42 Å². The molecular weight excluding hydrogens is 116 g/mol. The van der Waals surface area contributed by atoms with Gasteiger partial charge in [-0.2, -0.15) is 0 Å². The highest BCUT2D eigenvalue weighted by Crippen LogP contribution is 1.84. The molecule has 0 fully saturated rings. The van der Waals surface area contributed by atoms with Crippen LogP contribution in [0.5, 0.6) is 0 Å². The second-order valence-electron chi connectivity index (χ2n) is 1.41. The van der Waals surface area contributed by atoms with E-state index in [9.17, 15) is 4.79 Å². The average molecular weight is 126 g/mol. The van der Waals surface area contributed by atoms with Gasteiger partial charge in [0.2, 0.25) is 0 Å². The van der Waals surface area contributed by atoms with Gasteiger partial charge in [0, 0.05) is 0 Å². The first-order valence-corrected chi connectivity index (χ1v) is 2.77. The summed E-state index contributed by atoms with van der Waals surface area (Å²) in [7, 11) is 0. The molecular formula is C7H10O2. The van der Waals surface area contributed by atoms with E-state index in [1.807, 2.05) is 19.1 Å². The van der Waals surface area contributed by atoms with Crippen LogP contribution in [0, 0.1) is 0 Å². The Morgan fingerprint density at radius 1 is 1.44 bits per heavy atom. The lowest BCUT2D eigenvalue weighted by atomic mass is 10.4. The van der Waals surface area contributed by atoms with Gasteiger partial charge in [-0.3, -0.25) is 4.79 Å².